The molecular weight excluding hydrogens is 841 g/mol. The van der Waals surface area contributed by atoms with Crippen LogP contribution in [0.5, 0.6) is 0 Å². The summed E-state index contributed by atoms with van der Waals surface area (Å²) in [6.07, 6.45) is 37.9. The molecule has 0 aromatic carbocycles. The van der Waals surface area contributed by atoms with Crippen LogP contribution in [0, 0.1) is 0 Å². The molecule has 0 fully saturated rings. The summed E-state index contributed by atoms with van der Waals surface area (Å²) in [7, 11) is -9.42. The Hall–Kier alpha value is -2.38. The van der Waals surface area contributed by atoms with Crippen LogP contribution in [0.3, 0.4) is 0 Å². The number of carbonyl (C=O) groups is 4. The van der Waals surface area contributed by atoms with E-state index in [1.54, 1.807) is 0 Å². The van der Waals surface area contributed by atoms with Crippen molar-refractivity contribution in [3.05, 3.63) is 0 Å². The summed E-state index contributed by atoms with van der Waals surface area (Å²) in [5, 5.41) is -3.87. The molecule has 0 aromatic rings. The second-order valence-corrected chi connectivity index (χ2v) is 19.5. The molecule has 0 aromatic heterocycles. The van der Waals surface area contributed by atoms with Crippen LogP contribution in [0.25, 0.3) is 0 Å². The molecule has 16 nitrogen and oxygen atoms in total. The van der Waals surface area contributed by atoms with Gasteiger partial charge < -0.3 is 33.2 Å². The molecule has 2 atom stereocenters. The van der Waals surface area contributed by atoms with E-state index in [2.05, 4.69) is 13.8 Å². The van der Waals surface area contributed by atoms with Crippen LogP contribution < -0.4 is 23.8 Å². The molecule has 18 heteroatoms. The monoisotopic (exact) mass is 933 g/mol. The minimum atomic E-state index is -4.71. The van der Waals surface area contributed by atoms with Crippen molar-refractivity contribution >= 4 is 44.0 Å². The molecule has 0 radical (unpaired) electrons. The van der Waals surface area contributed by atoms with E-state index in [0.29, 0.717) is 12.8 Å². The Morgan fingerprint density at radius 2 is 0.565 bits per heavy atom. The van der Waals surface area contributed by atoms with Crippen molar-refractivity contribution in [2.45, 2.75) is 243 Å². The number of esters is 2. The molecule has 0 heterocycles. The number of ether oxygens (including phenoxy) is 2. The summed E-state index contributed by atoms with van der Waals surface area (Å²) >= 11 is 0. The molecule has 0 saturated carbocycles. The van der Waals surface area contributed by atoms with Crippen LogP contribution in [-0.4, -0.2) is 73.4 Å². The maximum absolute atomic E-state index is 11.7. The SMILES string of the molecule is CCCCCCCCCCCCCCCCCCOC(=O)C(CC(N)=O)S(=O)(=O)O.CCCCCCCCCCCCCCCCCCOC(=O)C(CC(N)=O)S(=O)(=O)O.N.N. The Morgan fingerprint density at radius 1 is 0.387 bits per heavy atom. The van der Waals surface area contributed by atoms with Gasteiger partial charge in [0.2, 0.25) is 11.8 Å². The molecule has 2 amide bonds. The molecule has 0 aliphatic heterocycles. The van der Waals surface area contributed by atoms with Gasteiger partial charge in [0, 0.05) is 0 Å². The van der Waals surface area contributed by atoms with Gasteiger partial charge >= 0.3 is 11.9 Å². The second-order valence-electron chi connectivity index (χ2n) is 16.3. The van der Waals surface area contributed by atoms with Crippen LogP contribution in [-0.2, 0) is 48.9 Å². The third-order valence-corrected chi connectivity index (χ3v) is 12.7. The first kappa shape index (κ1) is 66.2. The highest BCUT2D eigenvalue weighted by Crippen LogP contribution is 2.16. The van der Waals surface area contributed by atoms with Gasteiger partial charge in [-0.1, -0.05) is 206 Å². The third-order valence-electron chi connectivity index (χ3n) is 10.5. The lowest BCUT2D eigenvalue weighted by molar-refractivity contribution is -0.145. The van der Waals surface area contributed by atoms with Crippen molar-refractivity contribution in [3.63, 3.8) is 0 Å². The fraction of sp³-hybridized carbons (Fsp3) is 0.909. The Labute approximate surface area is 377 Å². The maximum atomic E-state index is 11.7. The van der Waals surface area contributed by atoms with Gasteiger partial charge in [-0.25, -0.2) is 0 Å². The number of hydrogen-bond donors (Lipinski definition) is 6. The molecule has 0 aliphatic carbocycles. The van der Waals surface area contributed by atoms with Crippen molar-refractivity contribution in [1.82, 2.24) is 12.3 Å². The number of nitrogens with two attached hydrogens (primary N) is 2. The standard InChI is InChI=1S/2C22H43NO6S.2H3N/c2*1-2-3-4-5-6-7-8-9-10-11-12-13-14-15-16-17-18-29-22(25)20(19-21(23)24)30(26,27)28;;/h2*20H,2-19H2,1H3,(H2,23,24)(H,26,27,28);2*1H3. The number of primary amides is 2. The van der Waals surface area contributed by atoms with E-state index in [0.717, 1.165) is 38.5 Å². The van der Waals surface area contributed by atoms with E-state index in [1.807, 2.05) is 0 Å². The molecule has 0 aliphatic rings. The van der Waals surface area contributed by atoms with Gasteiger partial charge in [-0.15, -0.1) is 0 Å². The summed E-state index contributed by atoms with van der Waals surface area (Å²) < 4.78 is 72.3. The summed E-state index contributed by atoms with van der Waals surface area (Å²) in [6, 6.07) is 0. The highest BCUT2D eigenvalue weighted by Gasteiger charge is 2.35. The molecule has 0 spiro atoms. The first-order valence-corrected chi connectivity index (χ1v) is 26.4. The van der Waals surface area contributed by atoms with E-state index in [9.17, 15) is 36.0 Å². The van der Waals surface area contributed by atoms with Crippen molar-refractivity contribution < 1.29 is 54.6 Å². The first-order chi connectivity index (χ1) is 28.6. The van der Waals surface area contributed by atoms with Crippen LogP contribution >= 0.6 is 0 Å². The Morgan fingerprint density at radius 3 is 0.726 bits per heavy atom. The van der Waals surface area contributed by atoms with E-state index in [-0.39, 0.29) is 25.5 Å². The number of unbranched alkanes of at least 4 members (excludes halogenated alkanes) is 30. The third kappa shape index (κ3) is 45.6. The van der Waals surface area contributed by atoms with E-state index >= 15 is 0 Å². The van der Waals surface area contributed by atoms with Crippen LogP contribution in [0.1, 0.15) is 232 Å². The number of carbonyl (C=O) groups excluding carboxylic acids is 4. The highest BCUT2D eigenvalue weighted by atomic mass is 32.2. The molecule has 0 bridgehead atoms. The topological polar surface area (TPSA) is 318 Å². The highest BCUT2D eigenvalue weighted by molar-refractivity contribution is 7.87. The largest absolute Gasteiger partial charge is 0.465 e. The van der Waals surface area contributed by atoms with Crippen molar-refractivity contribution in [2.75, 3.05) is 13.2 Å². The van der Waals surface area contributed by atoms with Gasteiger partial charge in [0.1, 0.15) is 0 Å². The van der Waals surface area contributed by atoms with Crippen LogP contribution in [0.4, 0.5) is 0 Å². The predicted molar refractivity (Wildman–Crippen MR) is 249 cm³/mol. The normalized spacial score (nSPS) is 12.2. The van der Waals surface area contributed by atoms with Crippen molar-refractivity contribution in [1.29, 1.82) is 0 Å². The molecule has 62 heavy (non-hydrogen) atoms. The van der Waals surface area contributed by atoms with Crippen molar-refractivity contribution in [3.8, 4) is 0 Å². The van der Waals surface area contributed by atoms with Crippen LogP contribution in [0.2, 0.25) is 0 Å². The smallest absolute Gasteiger partial charge is 0.327 e. The van der Waals surface area contributed by atoms with Crippen molar-refractivity contribution in [2.24, 2.45) is 11.5 Å². The summed E-state index contributed by atoms with van der Waals surface area (Å²) in [5.41, 5.74) is 9.80. The molecule has 0 rings (SSSR count). The predicted octanol–water partition coefficient (Wildman–Crippen LogP) is 10.2. The molecule has 0 saturated heterocycles. The lowest BCUT2D eigenvalue weighted by Crippen LogP contribution is -2.35. The minimum absolute atomic E-state index is 0. The second kappa shape index (κ2) is 45.2. The number of hydrogen-bond acceptors (Lipinski definition) is 12. The van der Waals surface area contributed by atoms with Gasteiger partial charge in [0.15, 0.2) is 10.5 Å². The summed E-state index contributed by atoms with van der Waals surface area (Å²) in [6.45, 7) is 4.64. The first-order valence-electron chi connectivity index (χ1n) is 23.4. The zero-order valence-electron chi connectivity index (χ0n) is 39.0. The molecular formula is C44H92N4O12S2. The average molecular weight is 933 g/mol. The van der Waals surface area contributed by atoms with E-state index in [1.165, 1.54) is 154 Å². The number of amides is 2. The molecule has 12 N–H and O–H groups in total. The van der Waals surface area contributed by atoms with Gasteiger partial charge in [-0.05, 0) is 12.8 Å². The van der Waals surface area contributed by atoms with Gasteiger partial charge in [0.25, 0.3) is 20.2 Å². The summed E-state index contributed by atoms with van der Waals surface area (Å²) in [4.78, 5) is 45.1. The zero-order valence-corrected chi connectivity index (χ0v) is 40.6. The lowest BCUT2D eigenvalue weighted by Gasteiger charge is -2.11. The lowest BCUT2D eigenvalue weighted by atomic mass is 10.0. The quantitative estimate of drug-likeness (QED) is 0.0188. The fourth-order valence-electron chi connectivity index (χ4n) is 6.82. The molecule has 2 unspecified atom stereocenters. The fourth-order valence-corrected chi connectivity index (χ4v) is 8.19. The zero-order chi connectivity index (χ0) is 45.3. The number of rotatable bonds is 42. The maximum Gasteiger partial charge on any atom is 0.327 e. The van der Waals surface area contributed by atoms with Crippen LogP contribution in [0.15, 0.2) is 0 Å². The summed E-state index contributed by atoms with van der Waals surface area (Å²) in [5.74, 6) is -4.23. The Kier molecular flexibility index (Phi) is 48.3. The minimum Gasteiger partial charge on any atom is -0.465 e. The Bertz CT molecular complexity index is 1210. The van der Waals surface area contributed by atoms with E-state index < -0.39 is 67.3 Å². The Balaban J connectivity index is -0.000000526. The average Bonchev–Trinajstić information content (AvgIpc) is 3.17. The van der Waals surface area contributed by atoms with E-state index in [4.69, 9.17) is 30.0 Å². The van der Waals surface area contributed by atoms with Gasteiger partial charge in [-0.3, -0.25) is 28.3 Å². The van der Waals surface area contributed by atoms with Gasteiger partial charge in [-0.2, -0.15) is 16.8 Å². The molecule has 372 valence electrons. The van der Waals surface area contributed by atoms with Gasteiger partial charge in [0.05, 0.1) is 26.1 Å².